The van der Waals surface area contributed by atoms with Crippen LogP contribution in [0.1, 0.15) is 73.1 Å². The predicted octanol–water partition coefficient (Wildman–Crippen LogP) is 4.14. The van der Waals surface area contributed by atoms with Gasteiger partial charge in [0.25, 0.3) is 0 Å². The summed E-state index contributed by atoms with van der Waals surface area (Å²) < 4.78 is 0. The summed E-state index contributed by atoms with van der Waals surface area (Å²) in [6.07, 6.45) is 7.46. The van der Waals surface area contributed by atoms with Crippen molar-refractivity contribution in [2.75, 3.05) is 0 Å². The highest BCUT2D eigenvalue weighted by Gasteiger charge is 2.62. The third-order valence-corrected chi connectivity index (χ3v) is 6.47. The molecule has 2 heteroatoms. The van der Waals surface area contributed by atoms with Crippen molar-refractivity contribution in [3.05, 3.63) is 0 Å². The highest BCUT2D eigenvalue weighted by Crippen LogP contribution is 2.69. The van der Waals surface area contributed by atoms with Gasteiger partial charge in [0.05, 0.1) is 5.41 Å². The second-order valence-corrected chi connectivity index (χ2v) is 9.42. The highest BCUT2D eigenvalue weighted by molar-refractivity contribution is 5.83. The zero-order valence-corrected chi connectivity index (χ0v) is 13.9. The maximum atomic E-state index is 13.0. The van der Waals surface area contributed by atoms with Crippen LogP contribution in [0.2, 0.25) is 0 Å². The minimum Gasteiger partial charge on any atom is -0.353 e. The topological polar surface area (TPSA) is 29.1 Å². The molecule has 4 aliphatic rings. The van der Waals surface area contributed by atoms with Crippen LogP contribution in [0.25, 0.3) is 0 Å². The number of carbonyl (C=O) groups is 1. The second-order valence-electron chi connectivity index (χ2n) is 9.42. The average molecular weight is 277 g/mol. The van der Waals surface area contributed by atoms with E-state index in [1.54, 1.807) is 0 Å². The Bertz CT molecular complexity index is 409. The third-order valence-electron chi connectivity index (χ3n) is 6.47. The van der Waals surface area contributed by atoms with Gasteiger partial charge in [0.1, 0.15) is 0 Å². The van der Waals surface area contributed by atoms with Gasteiger partial charge in [-0.05, 0) is 68.1 Å². The molecule has 1 amide bonds. The Hall–Kier alpha value is -0.530. The maximum absolute atomic E-state index is 13.0. The Kier molecular flexibility index (Phi) is 3.05. The predicted molar refractivity (Wildman–Crippen MR) is 82.3 cm³/mol. The molecule has 114 valence electrons. The SMILES string of the molecule is CC(C)C(C)NC(=O)C12CC3CC(C)(CC(C)(C3)C1)C2. The summed E-state index contributed by atoms with van der Waals surface area (Å²) in [6, 6.07) is 0.288. The molecule has 0 spiro atoms. The van der Waals surface area contributed by atoms with E-state index in [2.05, 4.69) is 39.9 Å². The van der Waals surface area contributed by atoms with Crippen molar-refractivity contribution in [2.24, 2.45) is 28.1 Å². The van der Waals surface area contributed by atoms with Gasteiger partial charge >= 0.3 is 0 Å². The molecule has 4 rings (SSSR count). The summed E-state index contributed by atoms with van der Waals surface area (Å²) in [6.45, 7) is 11.4. The molecular formula is C18H31NO. The van der Waals surface area contributed by atoms with E-state index in [-0.39, 0.29) is 11.5 Å². The molecule has 0 saturated heterocycles. The van der Waals surface area contributed by atoms with Crippen molar-refractivity contribution in [3.63, 3.8) is 0 Å². The van der Waals surface area contributed by atoms with Gasteiger partial charge in [-0.25, -0.2) is 0 Å². The largest absolute Gasteiger partial charge is 0.353 e. The molecule has 0 heterocycles. The van der Waals surface area contributed by atoms with Crippen molar-refractivity contribution in [3.8, 4) is 0 Å². The van der Waals surface area contributed by atoms with E-state index < -0.39 is 0 Å². The van der Waals surface area contributed by atoms with Crippen LogP contribution in [0.15, 0.2) is 0 Å². The number of carbonyl (C=O) groups excluding carboxylic acids is 1. The Morgan fingerprint density at radius 2 is 1.55 bits per heavy atom. The van der Waals surface area contributed by atoms with Crippen LogP contribution >= 0.6 is 0 Å². The van der Waals surface area contributed by atoms with Crippen molar-refractivity contribution in [1.82, 2.24) is 5.32 Å². The fraction of sp³-hybridized carbons (Fsp3) is 0.944. The van der Waals surface area contributed by atoms with Crippen LogP contribution < -0.4 is 5.32 Å². The molecule has 4 bridgehead atoms. The lowest BCUT2D eigenvalue weighted by atomic mass is 9.40. The molecule has 0 aromatic heterocycles. The zero-order valence-electron chi connectivity index (χ0n) is 13.9. The van der Waals surface area contributed by atoms with E-state index in [1.807, 2.05) is 0 Å². The summed E-state index contributed by atoms with van der Waals surface area (Å²) >= 11 is 0. The molecule has 0 aromatic rings. The Labute approximate surface area is 124 Å². The van der Waals surface area contributed by atoms with Gasteiger partial charge in [0, 0.05) is 6.04 Å². The van der Waals surface area contributed by atoms with E-state index in [0.29, 0.717) is 22.7 Å². The van der Waals surface area contributed by atoms with Gasteiger partial charge in [-0.15, -0.1) is 0 Å². The zero-order chi connectivity index (χ0) is 14.8. The molecule has 4 aliphatic carbocycles. The summed E-state index contributed by atoms with van der Waals surface area (Å²) in [5, 5.41) is 3.33. The van der Waals surface area contributed by atoms with Crippen molar-refractivity contribution in [2.45, 2.75) is 79.2 Å². The summed E-state index contributed by atoms with van der Waals surface area (Å²) in [4.78, 5) is 13.0. The molecule has 0 aromatic carbocycles. The fourth-order valence-corrected chi connectivity index (χ4v) is 6.23. The Balaban J connectivity index is 1.83. The van der Waals surface area contributed by atoms with E-state index in [9.17, 15) is 4.79 Å². The highest BCUT2D eigenvalue weighted by atomic mass is 16.2. The molecule has 4 saturated carbocycles. The summed E-state index contributed by atoms with van der Waals surface area (Å²) in [5.41, 5.74) is 0.797. The van der Waals surface area contributed by atoms with Gasteiger partial charge < -0.3 is 5.32 Å². The van der Waals surface area contributed by atoms with Crippen LogP contribution in [0.5, 0.6) is 0 Å². The van der Waals surface area contributed by atoms with Gasteiger partial charge in [-0.1, -0.05) is 27.7 Å². The lowest BCUT2D eigenvalue weighted by Gasteiger charge is -2.64. The molecule has 0 aliphatic heterocycles. The molecule has 3 atom stereocenters. The first-order valence-electron chi connectivity index (χ1n) is 8.46. The molecule has 1 N–H and O–H groups in total. The number of rotatable bonds is 3. The molecular weight excluding hydrogens is 246 g/mol. The van der Waals surface area contributed by atoms with E-state index in [0.717, 1.165) is 25.2 Å². The van der Waals surface area contributed by atoms with Gasteiger partial charge in [0.15, 0.2) is 0 Å². The lowest BCUT2D eigenvalue weighted by Crippen LogP contribution is -2.60. The number of hydrogen-bond acceptors (Lipinski definition) is 1. The first-order chi connectivity index (χ1) is 9.15. The van der Waals surface area contributed by atoms with Gasteiger partial charge in [-0.3, -0.25) is 4.79 Å². The molecule has 4 fully saturated rings. The first-order valence-corrected chi connectivity index (χ1v) is 8.46. The van der Waals surface area contributed by atoms with Crippen LogP contribution in [0.3, 0.4) is 0 Å². The lowest BCUT2D eigenvalue weighted by molar-refractivity contribution is -0.170. The van der Waals surface area contributed by atoms with E-state index >= 15 is 0 Å². The monoisotopic (exact) mass is 277 g/mol. The minimum absolute atomic E-state index is 0.0495. The average Bonchev–Trinajstić information content (AvgIpc) is 2.23. The van der Waals surface area contributed by atoms with Gasteiger partial charge in [-0.2, -0.15) is 0 Å². The number of amides is 1. The Morgan fingerprint density at radius 1 is 1.00 bits per heavy atom. The Morgan fingerprint density at radius 3 is 2.00 bits per heavy atom. The van der Waals surface area contributed by atoms with Crippen molar-refractivity contribution < 1.29 is 4.79 Å². The number of nitrogens with one attached hydrogen (secondary N) is 1. The number of hydrogen-bond donors (Lipinski definition) is 1. The maximum Gasteiger partial charge on any atom is 0.226 e. The second kappa shape index (κ2) is 4.24. The van der Waals surface area contributed by atoms with Crippen molar-refractivity contribution >= 4 is 5.91 Å². The normalized spacial score (nSPS) is 47.6. The van der Waals surface area contributed by atoms with Crippen molar-refractivity contribution in [1.29, 1.82) is 0 Å². The van der Waals surface area contributed by atoms with Gasteiger partial charge in [0.2, 0.25) is 5.91 Å². The molecule has 2 nitrogen and oxygen atoms in total. The summed E-state index contributed by atoms with van der Waals surface area (Å²) in [7, 11) is 0. The van der Waals surface area contributed by atoms with E-state index in [1.165, 1.54) is 19.3 Å². The third kappa shape index (κ3) is 2.19. The molecule has 0 radical (unpaired) electrons. The smallest absolute Gasteiger partial charge is 0.226 e. The summed E-state index contributed by atoms with van der Waals surface area (Å²) in [5.74, 6) is 1.67. The van der Waals surface area contributed by atoms with Crippen LogP contribution in [0.4, 0.5) is 0 Å². The minimum atomic E-state index is -0.0495. The fourth-order valence-electron chi connectivity index (χ4n) is 6.23. The quantitative estimate of drug-likeness (QED) is 0.825. The van der Waals surface area contributed by atoms with E-state index in [4.69, 9.17) is 0 Å². The van der Waals surface area contributed by atoms with Crippen LogP contribution in [0, 0.1) is 28.1 Å². The van der Waals surface area contributed by atoms with Crippen LogP contribution in [-0.4, -0.2) is 11.9 Å². The first kappa shape index (κ1) is 14.4. The molecule has 20 heavy (non-hydrogen) atoms. The van der Waals surface area contributed by atoms with Crippen LogP contribution in [-0.2, 0) is 4.79 Å². The standard InChI is InChI=1S/C18H31NO/c1-12(2)13(3)19-15(20)18-8-14-6-16(4,10-18)9-17(5,7-14)11-18/h12-14H,6-11H2,1-5H3,(H,19,20). The molecule has 3 unspecified atom stereocenters.